The fourth-order valence-corrected chi connectivity index (χ4v) is 3.07. The maximum absolute atomic E-state index is 12.5. The highest BCUT2D eigenvalue weighted by Gasteiger charge is 2.31. The van der Waals surface area contributed by atoms with Crippen LogP contribution in [0, 0.1) is 11.3 Å². The van der Waals surface area contributed by atoms with Gasteiger partial charge in [-0.25, -0.2) is 9.59 Å². The molecule has 1 aromatic rings. The number of hydrogen-bond acceptors (Lipinski definition) is 5. The number of carbonyl (C=O) groups is 2. The van der Waals surface area contributed by atoms with E-state index < -0.39 is 23.8 Å². The number of ether oxygens (including phenoxy) is 2. The van der Waals surface area contributed by atoms with Gasteiger partial charge in [-0.15, -0.1) is 0 Å². The van der Waals surface area contributed by atoms with Gasteiger partial charge in [0.25, 0.3) is 0 Å². The predicted molar refractivity (Wildman–Crippen MR) is 95.6 cm³/mol. The lowest BCUT2D eigenvalue weighted by Gasteiger charge is -2.28. The monoisotopic (exact) mass is 361 g/mol. The Hall–Kier alpha value is -2.49. The van der Waals surface area contributed by atoms with Crippen LogP contribution < -0.4 is 5.32 Å². The molecular weight excluding hydrogens is 334 g/mol. The zero-order valence-corrected chi connectivity index (χ0v) is 15.9. The molecule has 1 saturated carbocycles. The quantitative estimate of drug-likeness (QED) is 0.659. The second-order valence-corrected chi connectivity index (χ2v) is 7.67. The van der Waals surface area contributed by atoms with Crippen molar-refractivity contribution < 1.29 is 19.1 Å². The molecule has 2 rings (SSSR count). The van der Waals surface area contributed by atoms with Gasteiger partial charge in [0.15, 0.2) is 0 Å². The van der Waals surface area contributed by atoms with Crippen molar-refractivity contribution in [3.8, 4) is 6.07 Å². The molecule has 1 fully saturated rings. The second-order valence-electron chi connectivity index (χ2n) is 7.67. The van der Waals surface area contributed by atoms with Crippen LogP contribution in [-0.2, 0) is 16.5 Å². The standard InChI is InChI=1S/C19H27N3O4/c1-19(2,3)26-18(24)21-14-8-6-5-7-9-16(14)25-17(23)15-10-13(11-20)12-22(15)4/h10,12,14,16H,5-9H2,1-4H3,(H,21,24). The Morgan fingerprint density at radius 2 is 1.96 bits per heavy atom. The predicted octanol–water partition coefficient (Wildman–Crippen LogP) is 3.28. The third-order valence-electron chi connectivity index (χ3n) is 4.26. The van der Waals surface area contributed by atoms with E-state index in [-0.39, 0.29) is 6.04 Å². The molecular formula is C19H27N3O4. The lowest BCUT2D eigenvalue weighted by molar-refractivity contribution is 0.0114. The molecule has 1 aliphatic carbocycles. The first-order valence-corrected chi connectivity index (χ1v) is 8.96. The zero-order chi connectivity index (χ0) is 19.3. The van der Waals surface area contributed by atoms with Gasteiger partial charge in [0.2, 0.25) is 0 Å². The minimum Gasteiger partial charge on any atom is -0.456 e. The number of nitrogens with zero attached hydrogens (tertiary/aromatic N) is 2. The molecule has 1 heterocycles. The number of alkyl carbamates (subject to hydrolysis) is 1. The van der Waals surface area contributed by atoms with Crippen molar-refractivity contribution in [3.63, 3.8) is 0 Å². The van der Waals surface area contributed by atoms with Gasteiger partial charge >= 0.3 is 12.1 Å². The summed E-state index contributed by atoms with van der Waals surface area (Å²) in [5.74, 6) is -0.489. The van der Waals surface area contributed by atoms with E-state index in [1.807, 2.05) is 6.07 Å². The fourth-order valence-electron chi connectivity index (χ4n) is 3.07. The number of esters is 1. The molecule has 1 aliphatic rings. The maximum Gasteiger partial charge on any atom is 0.408 e. The van der Waals surface area contributed by atoms with Crippen molar-refractivity contribution in [1.82, 2.24) is 9.88 Å². The fraction of sp³-hybridized carbons (Fsp3) is 0.632. The van der Waals surface area contributed by atoms with Crippen molar-refractivity contribution >= 4 is 12.1 Å². The van der Waals surface area contributed by atoms with Crippen molar-refractivity contribution in [2.75, 3.05) is 0 Å². The maximum atomic E-state index is 12.5. The normalized spacial score (nSPS) is 20.6. The lowest BCUT2D eigenvalue weighted by atomic mass is 10.1. The summed E-state index contributed by atoms with van der Waals surface area (Å²) in [6.07, 6.45) is 4.99. The Bertz CT molecular complexity index is 697. The SMILES string of the molecule is Cn1cc(C#N)cc1C(=O)OC1CCCCCC1NC(=O)OC(C)(C)C. The van der Waals surface area contributed by atoms with Crippen molar-refractivity contribution in [3.05, 3.63) is 23.5 Å². The van der Waals surface area contributed by atoms with Gasteiger partial charge in [-0.2, -0.15) is 5.26 Å². The third kappa shape index (κ3) is 5.51. The molecule has 7 nitrogen and oxygen atoms in total. The smallest absolute Gasteiger partial charge is 0.408 e. The lowest BCUT2D eigenvalue weighted by Crippen LogP contribution is -2.46. The van der Waals surface area contributed by atoms with E-state index in [1.54, 1.807) is 38.6 Å². The Balaban J connectivity index is 2.07. The van der Waals surface area contributed by atoms with Crippen LogP contribution in [0.3, 0.4) is 0 Å². The first kappa shape index (κ1) is 19.8. The van der Waals surface area contributed by atoms with Crippen LogP contribution in [-0.4, -0.2) is 34.4 Å². The summed E-state index contributed by atoms with van der Waals surface area (Å²) in [7, 11) is 1.70. The molecule has 0 radical (unpaired) electrons. The first-order chi connectivity index (χ1) is 12.2. The minimum atomic E-state index is -0.586. The number of hydrogen-bond donors (Lipinski definition) is 1. The zero-order valence-electron chi connectivity index (χ0n) is 15.9. The van der Waals surface area contributed by atoms with Crippen molar-refractivity contribution in [1.29, 1.82) is 5.26 Å². The van der Waals surface area contributed by atoms with Crippen LogP contribution in [0.5, 0.6) is 0 Å². The molecule has 142 valence electrons. The summed E-state index contributed by atoms with van der Waals surface area (Å²) < 4.78 is 12.6. The van der Waals surface area contributed by atoms with E-state index in [1.165, 1.54) is 6.07 Å². The highest BCUT2D eigenvalue weighted by molar-refractivity contribution is 5.88. The van der Waals surface area contributed by atoms with E-state index in [4.69, 9.17) is 14.7 Å². The molecule has 7 heteroatoms. The highest BCUT2D eigenvalue weighted by atomic mass is 16.6. The molecule has 26 heavy (non-hydrogen) atoms. The molecule has 1 N–H and O–H groups in total. The molecule has 0 aromatic carbocycles. The highest BCUT2D eigenvalue weighted by Crippen LogP contribution is 2.23. The molecule has 2 atom stereocenters. The van der Waals surface area contributed by atoms with E-state index in [0.29, 0.717) is 17.7 Å². The number of nitrogens with one attached hydrogen (secondary N) is 1. The average molecular weight is 361 g/mol. The van der Waals surface area contributed by atoms with Gasteiger partial charge in [-0.3, -0.25) is 0 Å². The van der Waals surface area contributed by atoms with Gasteiger partial charge in [0.05, 0.1) is 11.6 Å². The summed E-state index contributed by atoms with van der Waals surface area (Å²) in [6.45, 7) is 5.41. The minimum absolute atomic E-state index is 0.285. The number of carbonyl (C=O) groups excluding carboxylic acids is 2. The molecule has 0 bridgehead atoms. The molecule has 2 unspecified atom stereocenters. The average Bonchev–Trinajstić information content (AvgIpc) is 2.78. The van der Waals surface area contributed by atoms with Crippen LogP contribution >= 0.6 is 0 Å². The number of nitriles is 1. The number of aryl methyl sites for hydroxylation is 1. The van der Waals surface area contributed by atoms with E-state index in [2.05, 4.69) is 5.32 Å². The van der Waals surface area contributed by atoms with Crippen LogP contribution in [0.2, 0.25) is 0 Å². The Morgan fingerprint density at radius 1 is 1.27 bits per heavy atom. The van der Waals surface area contributed by atoms with E-state index >= 15 is 0 Å². The van der Waals surface area contributed by atoms with Crippen molar-refractivity contribution in [2.24, 2.45) is 7.05 Å². The Kier molecular flexibility index (Phi) is 6.30. The molecule has 0 spiro atoms. The van der Waals surface area contributed by atoms with Crippen LogP contribution in [0.1, 0.15) is 68.9 Å². The summed E-state index contributed by atoms with van der Waals surface area (Å²) in [6, 6.07) is 3.24. The molecule has 1 aromatic heterocycles. The topological polar surface area (TPSA) is 93.4 Å². The Labute approximate surface area is 154 Å². The number of aromatic nitrogens is 1. The van der Waals surface area contributed by atoms with Gasteiger partial charge < -0.3 is 19.4 Å². The van der Waals surface area contributed by atoms with Crippen LogP contribution in [0.15, 0.2) is 12.3 Å². The largest absolute Gasteiger partial charge is 0.456 e. The third-order valence-corrected chi connectivity index (χ3v) is 4.26. The number of rotatable bonds is 3. The molecule has 0 saturated heterocycles. The first-order valence-electron chi connectivity index (χ1n) is 8.96. The summed E-state index contributed by atoms with van der Waals surface area (Å²) in [5, 5.41) is 11.8. The second kappa shape index (κ2) is 8.26. The Morgan fingerprint density at radius 3 is 2.58 bits per heavy atom. The van der Waals surface area contributed by atoms with Gasteiger partial charge in [0.1, 0.15) is 23.5 Å². The van der Waals surface area contributed by atoms with E-state index in [9.17, 15) is 9.59 Å². The van der Waals surface area contributed by atoms with Gasteiger partial charge in [-0.05, 0) is 46.1 Å². The van der Waals surface area contributed by atoms with Crippen LogP contribution in [0.25, 0.3) is 0 Å². The van der Waals surface area contributed by atoms with Gasteiger partial charge in [0, 0.05) is 13.2 Å². The van der Waals surface area contributed by atoms with Gasteiger partial charge in [-0.1, -0.05) is 12.8 Å². The molecule has 0 aliphatic heterocycles. The van der Waals surface area contributed by atoms with Crippen molar-refractivity contribution in [2.45, 2.75) is 70.6 Å². The molecule has 1 amide bonds. The summed E-state index contributed by atoms with van der Waals surface area (Å²) in [5.41, 5.74) is 0.142. The number of amides is 1. The summed E-state index contributed by atoms with van der Waals surface area (Å²) >= 11 is 0. The van der Waals surface area contributed by atoms with Crippen LogP contribution in [0.4, 0.5) is 4.79 Å². The summed E-state index contributed by atoms with van der Waals surface area (Å²) in [4.78, 5) is 24.7. The van der Waals surface area contributed by atoms with E-state index in [0.717, 1.165) is 25.7 Å².